The monoisotopic (exact) mass is 220 g/mol. The quantitative estimate of drug-likeness (QED) is 0.613. The van der Waals surface area contributed by atoms with Gasteiger partial charge in [0.25, 0.3) is 5.69 Å². The van der Waals surface area contributed by atoms with Crippen molar-refractivity contribution >= 4 is 11.7 Å². The number of hydrogen-bond donors (Lipinski definition) is 1. The summed E-state index contributed by atoms with van der Waals surface area (Å²) in [6.07, 6.45) is 0.350. The maximum absolute atomic E-state index is 10.5. The zero-order chi connectivity index (χ0) is 11.5. The standard InChI is InChI=1S/C9H8N4O3/c10-9-11-8(12-16-9)5-6-2-1-3-7(4-6)13(14)15/h1-4H,5H2,(H2,10,11,12). The first kappa shape index (κ1) is 10.1. The Morgan fingerprint density at radius 3 is 2.94 bits per heavy atom. The molecule has 0 unspecified atom stereocenters. The summed E-state index contributed by atoms with van der Waals surface area (Å²) in [5.74, 6) is 0.401. The highest BCUT2D eigenvalue weighted by molar-refractivity contribution is 5.35. The van der Waals surface area contributed by atoms with Crippen LogP contribution in [0.3, 0.4) is 0 Å². The largest absolute Gasteiger partial charge is 0.351 e. The van der Waals surface area contributed by atoms with Crippen LogP contribution in [0.2, 0.25) is 0 Å². The van der Waals surface area contributed by atoms with E-state index in [0.717, 1.165) is 5.56 Å². The summed E-state index contributed by atoms with van der Waals surface area (Å²) >= 11 is 0. The summed E-state index contributed by atoms with van der Waals surface area (Å²) < 4.78 is 4.60. The molecule has 82 valence electrons. The molecule has 0 saturated heterocycles. The van der Waals surface area contributed by atoms with Crippen molar-refractivity contribution in [2.75, 3.05) is 5.73 Å². The van der Waals surface area contributed by atoms with Crippen LogP contribution in [0.25, 0.3) is 0 Å². The first-order valence-electron chi connectivity index (χ1n) is 4.46. The second-order valence-corrected chi connectivity index (χ2v) is 3.15. The minimum atomic E-state index is -0.450. The number of aromatic nitrogens is 2. The van der Waals surface area contributed by atoms with Crippen molar-refractivity contribution in [1.82, 2.24) is 10.1 Å². The zero-order valence-corrected chi connectivity index (χ0v) is 8.16. The topological polar surface area (TPSA) is 108 Å². The van der Waals surface area contributed by atoms with E-state index in [1.807, 2.05) is 0 Å². The molecule has 1 aromatic heterocycles. The molecule has 0 aliphatic rings. The van der Waals surface area contributed by atoms with E-state index in [1.165, 1.54) is 12.1 Å². The Morgan fingerprint density at radius 1 is 1.50 bits per heavy atom. The highest BCUT2D eigenvalue weighted by atomic mass is 16.6. The summed E-state index contributed by atoms with van der Waals surface area (Å²) in [5.41, 5.74) is 6.03. The van der Waals surface area contributed by atoms with E-state index in [4.69, 9.17) is 5.73 Å². The van der Waals surface area contributed by atoms with E-state index in [9.17, 15) is 10.1 Å². The van der Waals surface area contributed by atoms with Gasteiger partial charge in [-0.25, -0.2) is 0 Å². The molecule has 0 spiro atoms. The number of benzene rings is 1. The van der Waals surface area contributed by atoms with Crippen molar-refractivity contribution < 1.29 is 9.45 Å². The van der Waals surface area contributed by atoms with Crippen molar-refractivity contribution in [3.63, 3.8) is 0 Å². The summed E-state index contributed by atoms with van der Waals surface area (Å²) in [7, 11) is 0. The molecule has 2 aromatic rings. The predicted molar refractivity (Wildman–Crippen MR) is 54.6 cm³/mol. The van der Waals surface area contributed by atoms with Gasteiger partial charge in [-0.2, -0.15) is 4.98 Å². The molecular formula is C9H8N4O3. The minimum absolute atomic E-state index is 0.0135. The number of nitro groups is 1. The molecule has 0 amide bonds. The average Bonchev–Trinajstić information content (AvgIpc) is 2.64. The highest BCUT2D eigenvalue weighted by Gasteiger charge is 2.08. The maximum Gasteiger partial charge on any atom is 0.318 e. The van der Waals surface area contributed by atoms with Gasteiger partial charge in [-0.3, -0.25) is 10.1 Å². The number of hydrogen-bond acceptors (Lipinski definition) is 6. The van der Waals surface area contributed by atoms with Crippen molar-refractivity contribution in [2.24, 2.45) is 0 Å². The minimum Gasteiger partial charge on any atom is -0.351 e. The van der Waals surface area contributed by atoms with E-state index in [1.54, 1.807) is 12.1 Å². The third-order valence-electron chi connectivity index (χ3n) is 1.97. The van der Waals surface area contributed by atoms with Crippen LogP contribution in [0.5, 0.6) is 0 Å². The van der Waals surface area contributed by atoms with Crippen molar-refractivity contribution in [3.05, 3.63) is 45.8 Å². The molecule has 0 atom stereocenters. The number of nitro benzene ring substituents is 1. The number of rotatable bonds is 3. The average molecular weight is 220 g/mol. The van der Waals surface area contributed by atoms with Crippen LogP contribution in [0, 0.1) is 10.1 Å². The van der Waals surface area contributed by atoms with Gasteiger partial charge in [0.1, 0.15) is 0 Å². The number of nitrogens with zero attached hydrogens (tertiary/aromatic N) is 3. The Morgan fingerprint density at radius 2 is 2.31 bits per heavy atom. The Bertz CT molecular complexity index is 523. The summed E-state index contributed by atoms with van der Waals surface area (Å²) in [6.45, 7) is 0. The third-order valence-corrected chi connectivity index (χ3v) is 1.97. The van der Waals surface area contributed by atoms with Crippen LogP contribution in [-0.4, -0.2) is 15.1 Å². The molecule has 2 N–H and O–H groups in total. The molecule has 1 aromatic carbocycles. The van der Waals surface area contributed by atoms with Crippen LogP contribution >= 0.6 is 0 Å². The summed E-state index contributed by atoms with van der Waals surface area (Å²) in [5, 5.41) is 14.2. The molecule has 0 saturated carbocycles. The molecule has 2 rings (SSSR count). The van der Waals surface area contributed by atoms with Crippen molar-refractivity contribution in [3.8, 4) is 0 Å². The van der Waals surface area contributed by atoms with Crippen LogP contribution < -0.4 is 5.73 Å². The second-order valence-electron chi connectivity index (χ2n) is 3.15. The fraction of sp³-hybridized carbons (Fsp3) is 0.111. The number of anilines is 1. The van der Waals surface area contributed by atoms with Gasteiger partial charge in [-0.1, -0.05) is 17.3 Å². The summed E-state index contributed by atoms with van der Waals surface area (Å²) in [6, 6.07) is 6.23. The Balaban J connectivity index is 2.21. The molecule has 7 heteroatoms. The molecule has 7 nitrogen and oxygen atoms in total. The van der Waals surface area contributed by atoms with Gasteiger partial charge in [0.05, 0.1) is 4.92 Å². The SMILES string of the molecule is Nc1nc(Cc2cccc([N+](=O)[O-])c2)no1. The lowest BCUT2D eigenvalue weighted by Crippen LogP contribution is -1.94. The molecule has 16 heavy (non-hydrogen) atoms. The molecule has 0 fully saturated rings. The highest BCUT2D eigenvalue weighted by Crippen LogP contribution is 2.15. The van der Waals surface area contributed by atoms with E-state index in [2.05, 4.69) is 14.7 Å². The van der Waals surface area contributed by atoms with Crippen molar-refractivity contribution in [2.45, 2.75) is 6.42 Å². The van der Waals surface area contributed by atoms with E-state index >= 15 is 0 Å². The van der Waals surface area contributed by atoms with Crippen molar-refractivity contribution in [1.29, 1.82) is 0 Å². The fourth-order valence-corrected chi connectivity index (χ4v) is 1.30. The summed E-state index contributed by atoms with van der Waals surface area (Å²) in [4.78, 5) is 13.9. The normalized spacial score (nSPS) is 10.2. The van der Waals surface area contributed by atoms with Gasteiger partial charge in [0.2, 0.25) is 0 Å². The maximum atomic E-state index is 10.5. The number of nitrogen functional groups attached to an aromatic ring is 1. The van der Waals surface area contributed by atoms with Crippen LogP contribution in [0.15, 0.2) is 28.8 Å². The van der Waals surface area contributed by atoms with Gasteiger partial charge >= 0.3 is 6.01 Å². The molecule has 0 aliphatic carbocycles. The predicted octanol–water partition coefficient (Wildman–Crippen LogP) is 1.15. The molecule has 1 heterocycles. The van der Waals surface area contributed by atoms with Gasteiger partial charge in [-0.15, -0.1) is 0 Å². The van der Waals surface area contributed by atoms with E-state index in [-0.39, 0.29) is 11.7 Å². The first-order valence-corrected chi connectivity index (χ1v) is 4.46. The van der Waals surface area contributed by atoms with Gasteiger partial charge in [0, 0.05) is 18.6 Å². The molecule has 0 radical (unpaired) electrons. The first-order chi connectivity index (χ1) is 7.65. The van der Waals surface area contributed by atoms with E-state index < -0.39 is 4.92 Å². The van der Waals surface area contributed by atoms with Gasteiger partial charge in [-0.05, 0) is 5.56 Å². The third kappa shape index (κ3) is 2.14. The molecule has 0 aliphatic heterocycles. The van der Waals surface area contributed by atoms with Gasteiger partial charge in [0.15, 0.2) is 5.82 Å². The van der Waals surface area contributed by atoms with Crippen LogP contribution in [0.1, 0.15) is 11.4 Å². The van der Waals surface area contributed by atoms with Crippen LogP contribution in [-0.2, 0) is 6.42 Å². The zero-order valence-electron chi connectivity index (χ0n) is 8.16. The lowest BCUT2D eigenvalue weighted by molar-refractivity contribution is -0.384. The molecular weight excluding hydrogens is 212 g/mol. The lowest BCUT2D eigenvalue weighted by atomic mass is 10.1. The van der Waals surface area contributed by atoms with Gasteiger partial charge < -0.3 is 10.3 Å². The van der Waals surface area contributed by atoms with E-state index in [0.29, 0.717) is 12.2 Å². The smallest absolute Gasteiger partial charge is 0.318 e. The van der Waals surface area contributed by atoms with Crippen LogP contribution in [0.4, 0.5) is 11.7 Å². The molecule has 0 bridgehead atoms. The number of non-ortho nitro benzene ring substituents is 1. The number of nitrogens with two attached hydrogens (primary N) is 1. The lowest BCUT2D eigenvalue weighted by Gasteiger charge is -1.96. The second kappa shape index (κ2) is 3.97. The Labute approximate surface area is 90.0 Å². The fourth-order valence-electron chi connectivity index (χ4n) is 1.30. The Kier molecular flexibility index (Phi) is 2.50. The Hall–Kier alpha value is -2.44.